The van der Waals surface area contributed by atoms with Crippen molar-refractivity contribution in [1.29, 1.82) is 0 Å². The van der Waals surface area contributed by atoms with Gasteiger partial charge in [0.15, 0.2) is 0 Å². The number of urea groups is 1. The number of carbonyl (C=O) groups is 2. The van der Waals surface area contributed by atoms with E-state index in [1.165, 1.54) is 0 Å². The van der Waals surface area contributed by atoms with Crippen molar-refractivity contribution in [2.24, 2.45) is 0 Å². The molecule has 4 rings (SSSR count). The molecule has 7 heteroatoms. The molecule has 3 saturated heterocycles. The maximum atomic E-state index is 12.6. The third-order valence-electron chi connectivity index (χ3n) is 5.66. The monoisotopic (exact) mass is 344 g/mol. The van der Waals surface area contributed by atoms with E-state index in [-0.39, 0.29) is 23.4 Å². The molecule has 0 radical (unpaired) electrons. The van der Waals surface area contributed by atoms with Crippen molar-refractivity contribution in [3.05, 3.63) is 30.1 Å². The highest BCUT2D eigenvalue weighted by molar-refractivity contribution is 5.87. The summed E-state index contributed by atoms with van der Waals surface area (Å²) >= 11 is 0. The lowest BCUT2D eigenvalue weighted by Gasteiger charge is -2.41. The summed E-state index contributed by atoms with van der Waals surface area (Å²) in [7, 11) is 0. The average Bonchev–Trinajstić information content (AvgIpc) is 2.99. The van der Waals surface area contributed by atoms with Crippen molar-refractivity contribution in [2.45, 2.75) is 30.7 Å². The van der Waals surface area contributed by atoms with Gasteiger partial charge in [-0.25, -0.2) is 4.79 Å². The molecule has 134 valence electrons. The Morgan fingerprint density at radius 3 is 2.60 bits per heavy atom. The summed E-state index contributed by atoms with van der Waals surface area (Å²) in [5.41, 5.74) is 0.794. The number of hydrogen-bond acceptors (Lipinski definition) is 4. The number of likely N-dealkylation sites (tertiary alicyclic amines) is 1. The number of ether oxygens (including phenoxy) is 1. The molecule has 1 N–H and O–H groups in total. The number of amides is 3. The highest BCUT2D eigenvalue weighted by Crippen LogP contribution is 2.39. The van der Waals surface area contributed by atoms with Crippen LogP contribution in [0.5, 0.6) is 0 Å². The second-order valence-electron chi connectivity index (χ2n) is 7.18. The molecule has 0 aromatic carbocycles. The van der Waals surface area contributed by atoms with Crippen LogP contribution < -0.4 is 5.32 Å². The minimum Gasteiger partial charge on any atom is -0.378 e. The highest BCUT2D eigenvalue weighted by Gasteiger charge is 2.47. The van der Waals surface area contributed by atoms with Crippen LogP contribution in [0.15, 0.2) is 24.5 Å². The predicted octanol–water partition coefficient (Wildman–Crippen LogP) is 0.972. The van der Waals surface area contributed by atoms with Crippen LogP contribution in [0.2, 0.25) is 0 Å². The van der Waals surface area contributed by atoms with Gasteiger partial charge in [-0.15, -0.1) is 0 Å². The van der Waals surface area contributed by atoms with Gasteiger partial charge in [0, 0.05) is 44.1 Å². The van der Waals surface area contributed by atoms with Gasteiger partial charge in [0.2, 0.25) is 5.91 Å². The SMILES string of the molecule is O=C1NC2(CCN(C(=O)N3CCOCC3)CC2)CC1c1cccnc1. The van der Waals surface area contributed by atoms with Gasteiger partial charge in [0.05, 0.1) is 19.1 Å². The lowest BCUT2D eigenvalue weighted by Crippen LogP contribution is -2.56. The number of piperidine rings is 1. The van der Waals surface area contributed by atoms with E-state index >= 15 is 0 Å². The molecule has 1 spiro atoms. The molecule has 1 atom stereocenters. The molecule has 3 aliphatic rings. The maximum absolute atomic E-state index is 12.6. The van der Waals surface area contributed by atoms with E-state index < -0.39 is 0 Å². The fourth-order valence-corrected chi connectivity index (χ4v) is 4.14. The number of morpholine rings is 1. The summed E-state index contributed by atoms with van der Waals surface area (Å²) in [6, 6.07) is 3.94. The summed E-state index contributed by atoms with van der Waals surface area (Å²) in [5, 5.41) is 3.22. The zero-order valence-corrected chi connectivity index (χ0v) is 14.3. The zero-order valence-electron chi connectivity index (χ0n) is 14.3. The van der Waals surface area contributed by atoms with Gasteiger partial charge in [0.1, 0.15) is 0 Å². The first-order valence-electron chi connectivity index (χ1n) is 9.00. The molecule has 3 fully saturated rings. The van der Waals surface area contributed by atoms with Crippen molar-refractivity contribution < 1.29 is 14.3 Å². The van der Waals surface area contributed by atoms with E-state index in [2.05, 4.69) is 10.3 Å². The van der Waals surface area contributed by atoms with Gasteiger partial charge in [-0.3, -0.25) is 9.78 Å². The van der Waals surface area contributed by atoms with Gasteiger partial charge in [-0.1, -0.05) is 6.07 Å². The van der Waals surface area contributed by atoms with E-state index in [0.29, 0.717) is 39.4 Å². The van der Waals surface area contributed by atoms with E-state index in [1.54, 1.807) is 12.4 Å². The standard InChI is InChI=1S/C18H24N4O3/c23-16-15(14-2-1-5-19-13-14)12-18(20-16)3-6-21(7-4-18)17(24)22-8-10-25-11-9-22/h1-2,5,13,15H,3-4,6-12H2,(H,20,23). The Labute approximate surface area is 147 Å². The van der Waals surface area contributed by atoms with E-state index in [1.807, 2.05) is 21.9 Å². The van der Waals surface area contributed by atoms with Gasteiger partial charge < -0.3 is 19.9 Å². The Kier molecular flexibility index (Phi) is 4.33. The number of pyridine rings is 1. The third kappa shape index (κ3) is 3.20. The number of aromatic nitrogens is 1. The Morgan fingerprint density at radius 2 is 1.92 bits per heavy atom. The predicted molar refractivity (Wildman–Crippen MR) is 91.1 cm³/mol. The summed E-state index contributed by atoms with van der Waals surface area (Å²) in [4.78, 5) is 33.0. The Morgan fingerprint density at radius 1 is 1.20 bits per heavy atom. The van der Waals surface area contributed by atoms with Gasteiger partial charge in [-0.2, -0.15) is 0 Å². The molecule has 3 aliphatic heterocycles. The Balaban J connectivity index is 1.38. The normalized spacial score (nSPS) is 25.9. The van der Waals surface area contributed by atoms with Crippen LogP contribution in [0.1, 0.15) is 30.7 Å². The summed E-state index contributed by atoms with van der Waals surface area (Å²) < 4.78 is 5.31. The lowest BCUT2D eigenvalue weighted by atomic mass is 9.82. The minimum absolute atomic E-state index is 0.0842. The largest absolute Gasteiger partial charge is 0.378 e. The fraction of sp³-hybridized carbons (Fsp3) is 0.611. The molecule has 0 bridgehead atoms. The van der Waals surface area contributed by atoms with Crippen LogP contribution in [0.3, 0.4) is 0 Å². The molecule has 1 aromatic rings. The van der Waals surface area contributed by atoms with Crippen LogP contribution >= 0.6 is 0 Å². The Bertz CT molecular complexity index is 637. The van der Waals surface area contributed by atoms with Crippen LogP contribution in [-0.4, -0.2) is 71.7 Å². The average molecular weight is 344 g/mol. The molecule has 0 aliphatic carbocycles. The number of nitrogens with zero attached hydrogens (tertiary/aromatic N) is 3. The molecule has 3 amide bonds. The maximum Gasteiger partial charge on any atom is 0.320 e. The van der Waals surface area contributed by atoms with Gasteiger partial charge in [-0.05, 0) is 30.9 Å². The molecule has 0 saturated carbocycles. The number of rotatable bonds is 1. The van der Waals surface area contributed by atoms with Crippen molar-refractivity contribution >= 4 is 11.9 Å². The van der Waals surface area contributed by atoms with E-state index in [0.717, 1.165) is 24.8 Å². The molecular formula is C18H24N4O3. The molecule has 4 heterocycles. The van der Waals surface area contributed by atoms with E-state index in [9.17, 15) is 9.59 Å². The smallest absolute Gasteiger partial charge is 0.320 e. The second kappa shape index (κ2) is 6.63. The first-order valence-corrected chi connectivity index (χ1v) is 9.00. The molecule has 1 aromatic heterocycles. The van der Waals surface area contributed by atoms with Crippen molar-refractivity contribution in [1.82, 2.24) is 20.1 Å². The number of hydrogen-bond donors (Lipinski definition) is 1. The lowest BCUT2D eigenvalue weighted by molar-refractivity contribution is -0.121. The molecule has 7 nitrogen and oxygen atoms in total. The van der Waals surface area contributed by atoms with Crippen molar-refractivity contribution in [3.8, 4) is 0 Å². The van der Waals surface area contributed by atoms with Crippen LogP contribution in [0.25, 0.3) is 0 Å². The Hall–Kier alpha value is -2.15. The minimum atomic E-state index is -0.181. The third-order valence-corrected chi connectivity index (χ3v) is 5.66. The number of carbonyl (C=O) groups excluding carboxylic acids is 2. The molecule has 1 unspecified atom stereocenters. The van der Waals surface area contributed by atoms with E-state index in [4.69, 9.17) is 4.74 Å². The first kappa shape index (κ1) is 16.3. The molecule has 25 heavy (non-hydrogen) atoms. The van der Waals surface area contributed by atoms with Crippen LogP contribution in [0, 0.1) is 0 Å². The number of nitrogens with one attached hydrogen (secondary N) is 1. The van der Waals surface area contributed by atoms with Gasteiger partial charge >= 0.3 is 6.03 Å². The van der Waals surface area contributed by atoms with Crippen LogP contribution in [-0.2, 0) is 9.53 Å². The zero-order chi connectivity index (χ0) is 17.3. The quantitative estimate of drug-likeness (QED) is 0.824. The summed E-state index contributed by atoms with van der Waals surface area (Å²) in [5.74, 6) is -0.0452. The van der Waals surface area contributed by atoms with Crippen LogP contribution in [0.4, 0.5) is 4.79 Å². The fourth-order valence-electron chi connectivity index (χ4n) is 4.14. The molecular weight excluding hydrogens is 320 g/mol. The second-order valence-corrected chi connectivity index (χ2v) is 7.18. The summed E-state index contributed by atoms with van der Waals surface area (Å²) in [6.45, 7) is 3.95. The van der Waals surface area contributed by atoms with Crippen molar-refractivity contribution in [2.75, 3.05) is 39.4 Å². The topological polar surface area (TPSA) is 74.8 Å². The first-order chi connectivity index (χ1) is 12.2. The highest BCUT2D eigenvalue weighted by atomic mass is 16.5. The summed E-state index contributed by atoms with van der Waals surface area (Å²) in [6.07, 6.45) is 5.91. The van der Waals surface area contributed by atoms with Crippen molar-refractivity contribution in [3.63, 3.8) is 0 Å². The van der Waals surface area contributed by atoms with Gasteiger partial charge in [0.25, 0.3) is 0 Å².